The first kappa shape index (κ1) is 11.9. The molecule has 0 aromatic heterocycles. The van der Waals surface area contributed by atoms with Crippen LogP contribution >= 0.6 is 0 Å². The second kappa shape index (κ2) is 5.63. The molecule has 0 spiro atoms. The van der Waals surface area contributed by atoms with Gasteiger partial charge in [-0.1, -0.05) is 53.7 Å². The van der Waals surface area contributed by atoms with Crippen molar-refractivity contribution in [2.24, 2.45) is 5.16 Å². The fourth-order valence-corrected chi connectivity index (χ4v) is 1.68. The minimum absolute atomic E-state index is 0.471. The molecule has 0 aliphatic heterocycles. The van der Waals surface area contributed by atoms with Crippen LogP contribution in [0.5, 0.6) is 0 Å². The number of rotatable bonds is 3. The van der Waals surface area contributed by atoms with Crippen molar-refractivity contribution in [1.82, 2.24) is 0 Å². The van der Waals surface area contributed by atoms with Crippen molar-refractivity contribution in [2.45, 2.75) is 0 Å². The Balaban J connectivity index is 2.35. The van der Waals surface area contributed by atoms with Crippen LogP contribution < -0.4 is 5.32 Å². The van der Waals surface area contributed by atoms with Gasteiger partial charge in [-0.25, -0.2) is 0 Å². The first-order chi connectivity index (χ1) is 8.81. The molecule has 18 heavy (non-hydrogen) atoms. The zero-order valence-electron chi connectivity index (χ0n) is 9.58. The van der Waals surface area contributed by atoms with Gasteiger partial charge >= 0.3 is 0 Å². The number of carbonyl (C=O) groups excluding carboxylic acids is 1. The molecule has 0 atom stereocenters. The van der Waals surface area contributed by atoms with Crippen LogP contribution in [0.15, 0.2) is 59.8 Å². The van der Waals surface area contributed by atoms with E-state index in [1.165, 1.54) is 0 Å². The first-order valence-electron chi connectivity index (χ1n) is 5.44. The molecule has 2 rings (SSSR count). The standard InChI is InChI=1S/C14H12N2O2/c17-14(10-15-18)16-13-9-5-4-8-12(13)11-6-2-1-3-7-11/h1-10,18H,(H,16,17)/b15-10+. The number of nitrogens with zero attached hydrogens (tertiary/aromatic N) is 1. The molecule has 0 radical (unpaired) electrons. The molecule has 0 bridgehead atoms. The number of amides is 1. The van der Waals surface area contributed by atoms with Gasteiger partial charge in [-0.3, -0.25) is 4.79 Å². The maximum atomic E-state index is 11.4. The highest BCUT2D eigenvalue weighted by molar-refractivity contribution is 6.32. The van der Waals surface area contributed by atoms with Crippen LogP contribution in [0.1, 0.15) is 0 Å². The normalized spacial score (nSPS) is 10.4. The van der Waals surface area contributed by atoms with Crippen LogP contribution in [0.3, 0.4) is 0 Å². The Labute approximate surface area is 105 Å². The monoisotopic (exact) mass is 240 g/mol. The smallest absolute Gasteiger partial charge is 0.270 e. The summed E-state index contributed by atoms with van der Waals surface area (Å²) in [5, 5.41) is 13.7. The summed E-state index contributed by atoms with van der Waals surface area (Å²) < 4.78 is 0. The van der Waals surface area contributed by atoms with Gasteiger partial charge in [-0.05, 0) is 11.6 Å². The van der Waals surface area contributed by atoms with Crippen molar-refractivity contribution in [3.05, 3.63) is 54.6 Å². The highest BCUT2D eigenvalue weighted by Crippen LogP contribution is 2.27. The van der Waals surface area contributed by atoms with Gasteiger partial charge in [0.2, 0.25) is 0 Å². The van der Waals surface area contributed by atoms with E-state index < -0.39 is 5.91 Å². The van der Waals surface area contributed by atoms with Gasteiger partial charge in [0.25, 0.3) is 5.91 Å². The number of benzene rings is 2. The van der Waals surface area contributed by atoms with Crippen molar-refractivity contribution < 1.29 is 10.0 Å². The summed E-state index contributed by atoms with van der Waals surface area (Å²) >= 11 is 0. The Morgan fingerprint density at radius 2 is 1.72 bits per heavy atom. The minimum Gasteiger partial charge on any atom is -0.411 e. The van der Waals surface area contributed by atoms with Crippen molar-refractivity contribution in [2.75, 3.05) is 5.32 Å². The topological polar surface area (TPSA) is 61.7 Å². The third-order valence-corrected chi connectivity index (χ3v) is 2.44. The summed E-state index contributed by atoms with van der Waals surface area (Å²) in [6, 6.07) is 17.2. The fourth-order valence-electron chi connectivity index (χ4n) is 1.68. The van der Waals surface area contributed by atoms with E-state index in [1.54, 1.807) is 6.07 Å². The number of hydrogen-bond acceptors (Lipinski definition) is 3. The van der Waals surface area contributed by atoms with Gasteiger partial charge in [0, 0.05) is 11.3 Å². The lowest BCUT2D eigenvalue weighted by Crippen LogP contribution is -2.13. The van der Waals surface area contributed by atoms with Crippen molar-refractivity contribution in [1.29, 1.82) is 0 Å². The van der Waals surface area contributed by atoms with Crippen molar-refractivity contribution >= 4 is 17.8 Å². The number of carbonyl (C=O) groups is 1. The summed E-state index contributed by atoms with van der Waals surface area (Å²) in [5.74, 6) is -0.471. The second-order valence-corrected chi connectivity index (χ2v) is 3.65. The fraction of sp³-hybridized carbons (Fsp3) is 0. The Kier molecular flexibility index (Phi) is 3.71. The summed E-state index contributed by atoms with van der Waals surface area (Å²) in [7, 11) is 0. The number of para-hydroxylation sites is 1. The maximum Gasteiger partial charge on any atom is 0.270 e. The predicted octanol–water partition coefficient (Wildman–Crippen LogP) is 2.75. The summed E-state index contributed by atoms with van der Waals surface area (Å²) in [6.07, 6.45) is 0.821. The van der Waals surface area contributed by atoms with Crippen LogP contribution in [0, 0.1) is 0 Å². The largest absolute Gasteiger partial charge is 0.411 e. The molecule has 0 aliphatic carbocycles. The Hall–Kier alpha value is -2.62. The van der Waals surface area contributed by atoms with E-state index in [-0.39, 0.29) is 0 Å². The van der Waals surface area contributed by atoms with Crippen molar-refractivity contribution in [3.63, 3.8) is 0 Å². The van der Waals surface area contributed by atoms with Gasteiger partial charge in [0.05, 0.1) is 0 Å². The average molecular weight is 240 g/mol. The zero-order valence-corrected chi connectivity index (χ0v) is 9.58. The minimum atomic E-state index is -0.471. The predicted molar refractivity (Wildman–Crippen MR) is 70.8 cm³/mol. The molecule has 4 nitrogen and oxygen atoms in total. The molecule has 2 aromatic carbocycles. The lowest BCUT2D eigenvalue weighted by Gasteiger charge is -2.09. The highest BCUT2D eigenvalue weighted by Gasteiger charge is 2.06. The van der Waals surface area contributed by atoms with Crippen LogP contribution in [-0.4, -0.2) is 17.3 Å². The molecule has 0 unspecified atom stereocenters. The van der Waals surface area contributed by atoms with Crippen LogP contribution in [-0.2, 0) is 4.79 Å². The SMILES string of the molecule is O=C(/C=N/O)Nc1ccccc1-c1ccccc1. The van der Waals surface area contributed by atoms with Gasteiger partial charge in [0.1, 0.15) is 6.21 Å². The van der Waals surface area contributed by atoms with E-state index in [1.807, 2.05) is 48.5 Å². The molecular formula is C14H12N2O2. The van der Waals surface area contributed by atoms with Gasteiger partial charge in [0.15, 0.2) is 0 Å². The Bertz CT molecular complexity index is 565. The maximum absolute atomic E-state index is 11.4. The van der Waals surface area contributed by atoms with Gasteiger partial charge in [-0.15, -0.1) is 0 Å². The van der Waals surface area contributed by atoms with E-state index in [0.717, 1.165) is 17.3 Å². The first-order valence-corrected chi connectivity index (χ1v) is 5.44. The third-order valence-electron chi connectivity index (χ3n) is 2.44. The highest BCUT2D eigenvalue weighted by atomic mass is 16.4. The number of oxime groups is 1. The molecule has 0 saturated carbocycles. The molecule has 0 aliphatic rings. The van der Waals surface area contributed by atoms with E-state index in [2.05, 4.69) is 10.5 Å². The molecule has 90 valence electrons. The summed E-state index contributed by atoms with van der Waals surface area (Å²) in [5.41, 5.74) is 2.60. The molecule has 1 amide bonds. The van der Waals surface area contributed by atoms with Crippen molar-refractivity contribution in [3.8, 4) is 11.1 Å². The van der Waals surface area contributed by atoms with E-state index in [9.17, 15) is 4.79 Å². The third kappa shape index (κ3) is 2.74. The van der Waals surface area contributed by atoms with Crippen LogP contribution in [0.2, 0.25) is 0 Å². The van der Waals surface area contributed by atoms with E-state index >= 15 is 0 Å². The summed E-state index contributed by atoms with van der Waals surface area (Å²) in [4.78, 5) is 11.4. The zero-order chi connectivity index (χ0) is 12.8. The van der Waals surface area contributed by atoms with Crippen LogP contribution in [0.4, 0.5) is 5.69 Å². The quantitative estimate of drug-likeness (QED) is 0.492. The Morgan fingerprint density at radius 3 is 2.44 bits per heavy atom. The molecule has 0 heterocycles. The number of nitrogens with one attached hydrogen (secondary N) is 1. The molecule has 2 aromatic rings. The lowest BCUT2D eigenvalue weighted by molar-refractivity contribution is -0.110. The Morgan fingerprint density at radius 1 is 1.06 bits per heavy atom. The molecule has 4 heteroatoms. The van der Waals surface area contributed by atoms with Gasteiger partial charge in [-0.2, -0.15) is 0 Å². The number of hydrogen-bond donors (Lipinski definition) is 2. The molecule has 0 saturated heterocycles. The molecular weight excluding hydrogens is 228 g/mol. The molecule has 2 N–H and O–H groups in total. The summed E-state index contributed by atoms with van der Waals surface area (Å²) in [6.45, 7) is 0. The van der Waals surface area contributed by atoms with Gasteiger partial charge < -0.3 is 10.5 Å². The number of anilines is 1. The average Bonchev–Trinajstić information content (AvgIpc) is 2.40. The molecule has 0 fully saturated rings. The van der Waals surface area contributed by atoms with E-state index in [0.29, 0.717) is 5.69 Å². The van der Waals surface area contributed by atoms with Crippen LogP contribution in [0.25, 0.3) is 11.1 Å². The second-order valence-electron chi connectivity index (χ2n) is 3.65. The van der Waals surface area contributed by atoms with E-state index in [4.69, 9.17) is 5.21 Å². The lowest BCUT2D eigenvalue weighted by atomic mass is 10.0.